The van der Waals surface area contributed by atoms with E-state index in [9.17, 15) is 5.11 Å². The van der Waals surface area contributed by atoms with Crippen molar-refractivity contribution in [3.05, 3.63) is 23.0 Å². The third-order valence-electron chi connectivity index (χ3n) is 4.03. The van der Waals surface area contributed by atoms with Gasteiger partial charge in [0.15, 0.2) is 4.96 Å². The van der Waals surface area contributed by atoms with Crippen molar-refractivity contribution in [2.45, 2.75) is 51.7 Å². The molecule has 1 atom stereocenters. The normalized spacial score (nSPS) is 17.2. The highest BCUT2D eigenvalue weighted by molar-refractivity contribution is 7.15. The fraction of sp³-hybridized carbons (Fsp3) is 0.667. The molecular weight excluding hydrogens is 270 g/mol. The molecule has 2 aromatic heterocycles. The SMILES string of the molecule is CC(C)C(O)CCNCc1c(C2CC2)nc2sccn12. The van der Waals surface area contributed by atoms with E-state index in [1.165, 1.54) is 24.2 Å². The van der Waals surface area contributed by atoms with Crippen molar-refractivity contribution < 1.29 is 5.11 Å². The second-order valence-corrected chi connectivity index (χ2v) is 6.92. The first-order chi connectivity index (χ1) is 9.66. The summed E-state index contributed by atoms with van der Waals surface area (Å²) in [4.78, 5) is 5.87. The topological polar surface area (TPSA) is 49.6 Å². The number of hydrogen-bond acceptors (Lipinski definition) is 4. The number of aliphatic hydroxyl groups is 1. The van der Waals surface area contributed by atoms with Crippen molar-refractivity contribution in [2.75, 3.05) is 6.54 Å². The van der Waals surface area contributed by atoms with Gasteiger partial charge in [-0.15, -0.1) is 11.3 Å². The van der Waals surface area contributed by atoms with E-state index in [0.29, 0.717) is 11.8 Å². The minimum Gasteiger partial charge on any atom is -0.393 e. The number of rotatable bonds is 7. The Hall–Kier alpha value is -0.910. The lowest BCUT2D eigenvalue weighted by molar-refractivity contribution is 0.116. The van der Waals surface area contributed by atoms with Gasteiger partial charge in [-0.2, -0.15) is 0 Å². The highest BCUT2D eigenvalue weighted by atomic mass is 32.1. The molecular formula is C15H23N3OS. The summed E-state index contributed by atoms with van der Waals surface area (Å²) in [5, 5.41) is 15.4. The molecule has 0 aliphatic heterocycles. The second-order valence-electron chi connectivity index (χ2n) is 6.05. The van der Waals surface area contributed by atoms with Gasteiger partial charge in [-0.25, -0.2) is 4.98 Å². The maximum Gasteiger partial charge on any atom is 0.194 e. The molecule has 1 aliphatic rings. The third kappa shape index (κ3) is 2.90. The van der Waals surface area contributed by atoms with E-state index in [0.717, 1.165) is 24.5 Å². The van der Waals surface area contributed by atoms with E-state index in [1.54, 1.807) is 11.3 Å². The smallest absolute Gasteiger partial charge is 0.194 e. The van der Waals surface area contributed by atoms with Gasteiger partial charge in [0.05, 0.1) is 17.5 Å². The molecule has 1 saturated carbocycles. The van der Waals surface area contributed by atoms with E-state index in [-0.39, 0.29) is 6.10 Å². The number of imidazole rings is 1. The molecule has 3 rings (SSSR count). The molecule has 4 nitrogen and oxygen atoms in total. The maximum atomic E-state index is 9.82. The fourth-order valence-electron chi connectivity index (χ4n) is 2.50. The Bertz CT molecular complexity index is 571. The number of hydrogen-bond donors (Lipinski definition) is 2. The average molecular weight is 293 g/mol. The van der Waals surface area contributed by atoms with Crippen LogP contribution in [0.1, 0.15) is 50.4 Å². The number of aromatic nitrogens is 2. The number of aliphatic hydroxyl groups excluding tert-OH is 1. The summed E-state index contributed by atoms with van der Waals surface area (Å²) in [6.45, 7) is 5.80. The molecule has 0 spiro atoms. The van der Waals surface area contributed by atoms with Crippen LogP contribution in [-0.4, -0.2) is 27.1 Å². The van der Waals surface area contributed by atoms with Gasteiger partial charge < -0.3 is 10.4 Å². The molecule has 2 heterocycles. The lowest BCUT2D eigenvalue weighted by Crippen LogP contribution is -2.24. The van der Waals surface area contributed by atoms with Crippen LogP contribution in [0.5, 0.6) is 0 Å². The third-order valence-corrected chi connectivity index (χ3v) is 4.79. The van der Waals surface area contributed by atoms with E-state index >= 15 is 0 Å². The van der Waals surface area contributed by atoms with E-state index in [4.69, 9.17) is 4.98 Å². The molecule has 5 heteroatoms. The number of fused-ring (bicyclic) bond motifs is 1. The first kappa shape index (κ1) is 14.0. The predicted molar refractivity (Wildman–Crippen MR) is 82.2 cm³/mol. The monoisotopic (exact) mass is 293 g/mol. The zero-order valence-electron chi connectivity index (χ0n) is 12.2. The zero-order chi connectivity index (χ0) is 14.1. The quantitative estimate of drug-likeness (QED) is 0.772. The van der Waals surface area contributed by atoms with Crippen molar-refractivity contribution in [3.63, 3.8) is 0 Å². The van der Waals surface area contributed by atoms with Crippen LogP contribution >= 0.6 is 11.3 Å². The fourth-order valence-corrected chi connectivity index (χ4v) is 3.24. The van der Waals surface area contributed by atoms with Gasteiger partial charge in [0.25, 0.3) is 0 Å². The van der Waals surface area contributed by atoms with Crippen molar-refractivity contribution in [1.29, 1.82) is 0 Å². The van der Waals surface area contributed by atoms with Crippen LogP contribution in [0.25, 0.3) is 4.96 Å². The van der Waals surface area contributed by atoms with Crippen molar-refractivity contribution in [1.82, 2.24) is 14.7 Å². The Balaban J connectivity index is 1.61. The summed E-state index contributed by atoms with van der Waals surface area (Å²) >= 11 is 1.70. The Labute approximate surface area is 123 Å². The molecule has 0 bridgehead atoms. The molecule has 1 aliphatic carbocycles. The van der Waals surface area contributed by atoms with E-state index in [2.05, 4.69) is 35.1 Å². The Morgan fingerprint density at radius 1 is 1.50 bits per heavy atom. The molecule has 0 amide bonds. The predicted octanol–water partition coefficient (Wildman–Crippen LogP) is 2.77. The standard InChI is InChI=1S/C15H23N3OS/c1-10(2)13(19)5-6-16-9-12-14(11-3-4-11)17-15-18(12)7-8-20-15/h7-8,10-11,13,16,19H,3-6,9H2,1-2H3. The molecule has 1 fully saturated rings. The van der Waals surface area contributed by atoms with Gasteiger partial charge in [-0.1, -0.05) is 13.8 Å². The molecule has 0 radical (unpaired) electrons. The van der Waals surface area contributed by atoms with E-state index < -0.39 is 0 Å². The van der Waals surface area contributed by atoms with Gasteiger partial charge in [0.2, 0.25) is 0 Å². The maximum absolute atomic E-state index is 9.82. The van der Waals surface area contributed by atoms with Crippen molar-refractivity contribution in [3.8, 4) is 0 Å². The molecule has 110 valence electrons. The van der Waals surface area contributed by atoms with Crippen LogP contribution in [-0.2, 0) is 6.54 Å². The summed E-state index contributed by atoms with van der Waals surface area (Å²) < 4.78 is 2.21. The molecule has 20 heavy (non-hydrogen) atoms. The Kier molecular flexibility index (Phi) is 4.10. The molecule has 2 aromatic rings. The molecule has 1 unspecified atom stereocenters. The van der Waals surface area contributed by atoms with Crippen LogP contribution < -0.4 is 5.32 Å². The number of thiazole rings is 1. The largest absolute Gasteiger partial charge is 0.393 e. The minimum absolute atomic E-state index is 0.211. The highest BCUT2D eigenvalue weighted by Crippen LogP contribution is 2.41. The van der Waals surface area contributed by atoms with Crippen molar-refractivity contribution >= 4 is 16.3 Å². The average Bonchev–Trinajstić information content (AvgIpc) is 3.06. The molecule has 0 saturated heterocycles. The Morgan fingerprint density at radius 2 is 2.30 bits per heavy atom. The van der Waals surface area contributed by atoms with Gasteiger partial charge in [-0.3, -0.25) is 4.40 Å². The van der Waals surface area contributed by atoms with E-state index in [1.807, 2.05) is 0 Å². The molecule has 2 N–H and O–H groups in total. The lowest BCUT2D eigenvalue weighted by atomic mass is 10.0. The Morgan fingerprint density at radius 3 is 3.00 bits per heavy atom. The van der Waals surface area contributed by atoms with Crippen LogP contribution in [0.15, 0.2) is 11.6 Å². The minimum atomic E-state index is -0.211. The van der Waals surface area contributed by atoms with Gasteiger partial charge >= 0.3 is 0 Å². The van der Waals surface area contributed by atoms with Gasteiger partial charge in [0, 0.05) is 24.0 Å². The summed E-state index contributed by atoms with van der Waals surface area (Å²) in [7, 11) is 0. The highest BCUT2D eigenvalue weighted by Gasteiger charge is 2.30. The summed E-state index contributed by atoms with van der Waals surface area (Å²) in [6.07, 6.45) is 5.27. The van der Waals surface area contributed by atoms with Gasteiger partial charge in [-0.05, 0) is 31.7 Å². The number of nitrogens with one attached hydrogen (secondary N) is 1. The summed E-state index contributed by atoms with van der Waals surface area (Å²) in [6, 6.07) is 0. The van der Waals surface area contributed by atoms with Crippen LogP contribution in [0.2, 0.25) is 0 Å². The number of nitrogens with zero attached hydrogens (tertiary/aromatic N) is 2. The summed E-state index contributed by atoms with van der Waals surface area (Å²) in [5.41, 5.74) is 2.59. The lowest BCUT2D eigenvalue weighted by Gasteiger charge is -2.14. The van der Waals surface area contributed by atoms with Crippen LogP contribution in [0.3, 0.4) is 0 Å². The van der Waals surface area contributed by atoms with Gasteiger partial charge in [0.1, 0.15) is 0 Å². The molecule has 0 aromatic carbocycles. The second kappa shape index (κ2) is 5.84. The van der Waals surface area contributed by atoms with Crippen LogP contribution in [0, 0.1) is 5.92 Å². The first-order valence-electron chi connectivity index (χ1n) is 7.50. The van der Waals surface area contributed by atoms with Crippen LogP contribution in [0.4, 0.5) is 0 Å². The van der Waals surface area contributed by atoms with Crippen molar-refractivity contribution in [2.24, 2.45) is 5.92 Å². The summed E-state index contributed by atoms with van der Waals surface area (Å²) in [5.74, 6) is 1.01. The first-order valence-corrected chi connectivity index (χ1v) is 8.38. The zero-order valence-corrected chi connectivity index (χ0v) is 13.0.